The molecule has 1 aliphatic rings. The maximum absolute atomic E-state index is 13.0. The molecule has 1 unspecified atom stereocenters. The first-order valence-corrected chi connectivity index (χ1v) is 8.31. The van der Waals surface area contributed by atoms with E-state index in [4.69, 9.17) is 5.11 Å². The lowest BCUT2D eigenvalue weighted by atomic mass is 9.92. The largest absolute Gasteiger partial charge is 0.396 e. The lowest BCUT2D eigenvalue weighted by Gasteiger charge is -2.35. The van der Waals surface area contributed by atoms with Crippen molar-refractivity contribution in [2.75, 3.05) is 13.2 Å². The van der Waals surface area contributed by atoms with Gasteiger partial charge in [-0.1, -0.05) is 5.21 Å². The van der Waals surface area contributed by atoms with Crippen LogP contribution in [0, 0.1) is 6.92 Å². The van der Waals surface area contributed by atoms with Crippen molar-refractivity contribution in [2.24, 2.45) is 7.05 Å². The van der Waals surface area contributed by atoms with Gasteiger partial charge in [0, 0.05) is 38.0 Å². The summed E-state index contributed by atoms with van der Waals surface area (Å²) >= 11 is 0. The molecule has 0 bridgehead atoms. The molecule has 2 aromatic heterocycles. The van der Waals surface area contributed by atoms with E-state index in [9.17, 15) is 4.79 Å². The van der Waals surface area contributed by atoms with E-state index in [-0.39, 0.29) is 18.1 Å². The number of nitrogens with zero attached hydrogens (tertiary/aromatic N) is 6. The first kappa shape index (κ1) is 16.6. The second-order valence-electron chi connectivity index (χ2n) is 6.67. The molecule has 0 aliphatic carbocycles. The van der Waals surface area contributed by atoms with Crippen molar-refractivity contribution >= 4 is 5.91 Å². The average molecular weight is 332 g/mol. The monoisotopic (exact) mass is 332 g/mol. The lowest BCUT2D eigenvalue weighted by Crippen LogP contribution is -2.45. The van der Waals surface area contributed by atoms with E-state index >= 15 is 0 Å². The van der Waals surface area contributed by atoms with Crippen LogP contribution in [0.4, 0.5) is 0 Å². The highest BCUT2D eigenvalue weighted by Gasteiger charge is 2.40. The summed E-state index contributed by atoms with van der Waals surface area (Å²) in [4.78, 5) is 14.9. The van der Waals surface area contributed by atoms with Crippen LogP contribution in [0.2, 0.25) is 0 Å². The normalized spacial score (nSPS) is 20.8. The summed E-state index contributed by atoms with van der Waals surface area (Å²) in [7, 11) is 1.83. The number of aliphatic hydroxyl groups excluding tert-OH is 1. The van der Waals surface area contributed by atoms with Gasteiger partial charge in [-0.15, -0.1) is 5.10 Å². The molecule has 1 atom stereocenters. The number of rotatable bonds is 5. The van der Waals surface area contributed by atoms with Crippen molar-refractivity contribution in [2.45, 2.75) is 45.1 Å². The summed E-state index contributed by atoms with van der Waals surface area (Å²) in [5.74, 6) is 0.554. The van der Waals surface area contributed by atoms with Gasteiger partial charge in [0.25, 0.3) is 5.91 Å². The van der Waals surface area contributed by atoms with Crippen LogP contribution in [0.25, 0.3) is 5.82 Å². The molecule has 0 spiro atoms. The molecule has 0 saturated carbocycles. The van der Waals surface area contributed by atoms with Crippen LogP contribution in [-0.4, -0.2) is 59.4 Å². The van der Waals surface area contributed by atoms with Crippen molar-refractivity contribution in [1.29, 1.82) is 0 Å². The fourth-order valence-electron chi connectivity index (χ4n) is 3.48. The van der Waals surface area contributed by atoms with Crippen LogP contribution < -0.4 is 0 Å². The van der Waals surface area contributed by atoms with Crippen LogP contribution in [0.3, 0.4) is 0 Å². The maximum Gasteiger partial charge on any atom is 0.276 e. The molecule has 1 aliphatic heterocycles. The second kappa shape index (κ2) is 6.35. The Morgan fingerprint density at radius 1 is 1.46 bits per heavy atom. The van der Waals surface area contributed by atoms with E-state index < -0.39 is 0 Å². The minimum absolute atomic E-state index is 0.0902. The SMILES string of the molecule is Cc1c(C(=O)N2CCCC2(C)CCCO)nnn1-c1ccn(C)n1. The van der Waals surface area contributed by atoms with Crippen LogP contribution in [0.15, 0.2) is 12.3 Å². The first-order valence-electron chi connectivity index (χ1n) is 8.31. The van der Waals surface area contributed by atoms with Crippen LogP contribution >= 0.6 is 0 Å². The van der Waals surface area contributed by atoms with Crippen molar-refractivity contribution in [3.63, 3.8) is 0 Å². The maximum atomic E-state index is 13.0. The van der Waals surface area contributed by atoms with Crippen LogP contribution in [0.1, 0.15) is 48.8 Å². The smallest absolute Gasteiger partial charge is 0.276 e. The van der Waals surface area contributed by atoms with Gasteiger partial charge in [-0.25, -0.2) is 0 Å². The zero-order valence-corrected chi connectivity index (χ0v) is 14.4. The molecule has 8 heteroatoms. The first-order chi connectivity index (χ1) is 11.5. The van der Waals surface area contributed by atoms with Crippen LogP contribution in [-0.2, 0) is 7.05 Å². The molecule has 8 nitrogen and oxygen atoms in total. The van der Waals surface area contributed by atoms with E-state index in [1.54, 1.807) is 9.36 Å². The zero-order chi connectivity index (χ0) is 17.3. The predicted octanol–water partition coefficient (Wildman–Crippen LogP) is 1.08. The molecule has 130 valence electrons. The standard InChI is InChI=1S/C16H24N6O2/c1-12-14(17-19-22(12)13-6-10-20(3)18-13)15(24)21-9-4-7-16(21,2)8-5-11-23/h6,10,23H,4-5,7-9,11H2,1-3H3. The van der Waals surface area contributed by atoms with Crippen molar-refractivity contribution in [1.82, 2.24) is 29.7 Å². The molecule has 1 amide bonds. The Kier molecular flexibility index (Phi) is 4.40. The van der Waals surface area contributed by atoms with E-state index in [1.165, 1.54) is 0 Å². The molecule has 0 radical (unpaired) electrons. The Balaban J connectivity index is 1.86. The quantitative estimate of drug-likeness (QED) is 0.885. The van der Waals surface area contributed by atoms with Gasteiger partial charge in [0.1, 0.15) is 0 Å². The topological polar surface area (TPSA) is 89.1 Å². The van der Waals surface area contributed by atoms with E-state index in [1.807, 2.05) is 31.1 Å². The Hall–Kier alpha value is -2.22. The summed E-state index contributed by atoms with van der Waals surface area (Å²) in [5, 5.41) is 21.6. The lowest BCUT2D eigenvalue weighted by molar-refractivity contribution is 0.0587. The molecular formula is C16H24N6O2. The summed E-state index contributed by atoms with van der Waals surface area (Å²) in [6.07, 6.45) is 5.24. The molecular weight excluding hydrogens is 308 g/mol. The predicted molar refractivity (Wildman–Crippen MR) is 87.9 cm³/mol. The van der Waals surface area contributed by atoms with Gasteiger partial charge < -0.3 is 10.0 Å². The molecule has 24 heavy (non-hydrogen) atoms. The van der Waals surface area contributed by atoms with E-state index in [0.29, 0.717) is 23.6 Å². The van der Waals surface area contributed by atoms with Crippen LogP contribution in [0.5, 0.6) is 0 Å². The van der Waals surface area contributed by atoms with Gasteiger partial charge in [0.15, 0.2) is 11.5 Å². The number of hydrogen-bond donors (Lipinski definition) is 1. The third-order valence-corrected chi connectivity index (χ3v) is 4.88. The average Bonchev–Trinajstić information content (AvgIpc) is 3.24. The van der Waals surface area contributed by atoms with Gasteiger partial charge in [-0.05, 0) is 39.5 Å². The molecule has 3 heterocycles. The second-order valence-corrected chi connectivity index (χ2v) is 6.67. The summed E-state index contributed by atoms with van der Waals surface area (Å²) in [6, 6.07) is 1.83. The number of aromatic nitrogens is 5. The van der Waals surface area contributed by atoms with E-state index in [2.05, 4.69) is 22.3 Å². The van der Waals surface area contributed by atoms with E-state index in [0.717, 1.165) is 25.8 Å². The van der Waals surface area contributed by atoms with Crippen molar-refractivity contribution < 1.29 is 9.90 Å². The number of amides is 1. The van der Waals surface area contributed by atoms with Gasteiger partial charge in [-0.2, -0.15) is 9.78 Å². The zero-order valence-electron chi connectivity index (χ0n) is 14.4. The molecule has 1 saturated heterocycles. The van der Waals surface area contributed by atoms with Crippen molar-refractivity contribution in [3.8, 4) is 5.82 Å². The highest BCUT2D eigenvalue weighted by molar-refractivity contribution is 5.94. The van der Waals surface area contributed by atoms with Gasteiger partial charge in [0.2, 0.25) is 0 Å². The summed E-state index contributed by atoms with van der Waals surface area (Å²) < 4.78 is 3.28. The van der Waals surface area contributed by atoms with Gasteiger partial charge in [-0.3, -0.25) is 9.48 Å². The highest BCUT2D eigenvalue weighted by Crippen LogP contribution is 2.34. The van der Waals surface area contributed by atoms with Crippen molar-refractivity contribution in [3.05, 3.63) is 23.7 Å². The summed E-state index contributed by atoms with van der Waals surface area (Å²) in [6.45, 7) is 4.79. The minimum Gasteiger partial charge on any atom is -0.396 e. The number of likely N-dealkylation sites (tertiary alicyclic amines) is 1. The van der Waals surface area contributed by atoms with Gasteiger partial charge >= 0.3 is 0 Å². The summed E-state index contributed by atoms with van der Waals surface area (Å²) in [5.41, 5.74) is 0.842. The Morgan fingerprint density at radius 3 is 2.92 bits per heavy atom. The number of carbonyl (C=O) groups excluding carboxylic acids is 1. The molecule has 2 aromatic rings. The minimum atomic E-state index is -0.221. The molecule has 1 N–H and O–H groups in total. The molecule has 0 aromatic carbocycles. The molecule has 1 fully saturated rings. The number of aryl methyl sites for hydroxylation is 1. The Labute approximate surface area is 141 Å². The third-order valence-electron chi connectivity index (χ3n) is 4.88. The Morgan fingerprint density at radius 2 is 2.25 bits per heavy atom. The number of hydrogen-bond acceptors (Lipinski definition) is 5. The third kappa shape index (κ3) is 2.82. The molecule has 3 rings (SSSR count). The number of carbonyl (C=O) groups is 1. The number of aliphatic hydroxyl groups is 1. The fourth-order valence-corrected chi connectivity index (χ4v) is 3.48. The highest BCUT2D eigenvalue weighted by atomic mass is 16.3. The fraction of sp³-hybridized carbons (Fsp3) is 0.625. The van der Waals surface area contributed by atoms with Gasteiger partial charge in [0.05, 0.1) is 5.69 Å². The Bertz CT molecular complexity index is 737.